The highest BCUT2D eigenvalue weighted by Crippen LogP contribution is 2.29. The van der Waals surface area contributed by atoms with Gasteiger partial charge in [0.1, 0.15) is 5.75 Å². The van der Waals surface area contributed by atoms with Gasteiger partial charge in [-0.05, 0) is 62.2 Å². The highest BCUT2D eigenvalue weighted by molar-refractivity contribution is 7.92. The zero-order valence-electron chi connectivity index (χ0n) is 13.0. The van der Waals surface area contributed by atoms with Crippen molar-refractivity contribution in [2.24, 2.45) is 0 Å². The molecule has 124 valence electrons. The number of halogens is 2. The molecule has 0 aliphatic rings. The van der Waals surface area contributed by atoms with Crippen LogP contribution in [0.5, 0.6) is 5.75 Å². The topological polar surface area (TPSA) is 55.4 Å². The fourth-order valence-electron chi connectivity index (χ4n) is 2.19. The predicted octanol–water partition coefficient (Wildman–Crippen LogP) is 4.81. The van der Waals surface area contributed by atoms with E-state index in [2.05, 4.69) is 4.72 Å². The van der Waals surface area contributed by atoms with Crippen molar-refractivity contribution in [2.75, 3.05) is 11.3 Å². The largest absolute Gasteiger partial charge is 0.494 e. The maximum absolute atomic E-state index is 12.6. The van der Waals surface area contributed by atoms with Crippen molar-refractivity contribution in [1.29, 1.82) is 0 Å². The lowest BCUT2D eigenvalue weighted by atomic mass is 10.1. The maximum Gasteiger partial charge on any atom is 0.262 e. The van der Waals surface area contributed by atoms with Crippen LogP contribution in [-0.4, -0.2) is 15.0 Å². The molecule has 2 aromatic carbocycles. The number of benzene rings is 2. The van der Waals surface area contributed by atoms with E-state index in [1.165, 1.54) is 18.2 Å². The molecule has 0 spiro atoms. The summed E-state index contributed by atoms with van der Waals surface area (Å²) in [5.41, 5.74) is 1.66. The van der Waals surface area contributed by atoms with Crippen LogP contribution in [-0.2, 0) is 10.0 Å². The van der Waals surface area contributed by atoms with Crippen LogP contribution >= 0.6 is 23.2 Å². The van der Waals surface area contributed by atoms with Crippen molar-refractivity contribution >= 4 is 38.9 Å². The van der Waals surface area contributed by atoms with Gasteiger partial charge in [0.05, 0.1) is 17.2 Å². The molecule has 0 aromatic heterocycles. The average molecular weight is 374 g/mol. The summed E-state index contributed by atoms with van der Waals surface area (Å²) in [6, 6.07) is 7.85. The van der Waals surface area contributed by atoms with Gasteiger partial charge >= 0.3 is 0 Å². The third kappa shape index (κ3) is 4.31. The van der Waals surface area contributed by atoms with Gasteiger partial charge in [0, 0.05) is 10.0 Å². The first-order chi connectivity index (χ1) is 10.7. The fraction of sp³-hybridized carbons (Fsp3) is 0.250. The number of aryl methyl sites for hydroxylation is 2. The van der Waals surface area contributed by atoms with Gasteiger partial charge < -0.3 is 4.74 Å². The number of hydrogen-bond donors (Lipinski definition) is 1. The molecule has 0 saturated heterocycles. The minimum absolute atomic E-state index is 0.189. The molecular formula is C16H17Cl2NO3S. The van der Waals surface area contributed by atoms with E-state index in [1.54, 1.807) is 26.0 Å². The summed E-state index contributed by atoms with van der Waals surface area (Å²) in [5.74, 6) is 0.676. The molecule has 0 aliphatic heterocycles. The number of rotatable bonds is 5. The third-order valence-corrected chi connectivity index (χ3v) is 5.14. The highest BCUT2D eigenvalue weighted by Gasteiger charge is 2.19. The standard InChI is InChI=1S/C16H17Cl2NO3S/c1-4-22-15-5-11(3)16(6-10(15)2)23(20,21)19-14-8-12(17)7-13(18)9-14/h5-9,19H,4H2,1-3H3. The summed E-state index contributed by atoms with van der Waals surface area (Å²) in [4.78, 5) is 0.189. The zero-order valence-corrected chi connectivity index (χ0v) is 15.3. The van der Waals surface area contributed by atoms with Crippen molar-refractivity contribution < 1.29 is 13.2 Å². The van der Waals surface area contributed by atoms with Crippen molar-refractivity contribution in [2.45, 2.75) is 25.7 Å². The van der Waals surface area contributed by atoms with Gasteiger partial charge in [-0.1, -0.05) is 23.2 Å². The second-order valence-corrected chi connectivity index (χ2v) is 7.60. The molecule has 0 radical (unpaired) electrons. The fourth-order valence-corrected chi connectivity index (χ4v) is 4.07. The Hall–Kier alpha value is -1.43. The SMILES string of the molecule is CCOc1cc(C)c(S(=O)(=O)Nc2cc(Cl)cc(Cl)c2)cc1C. The summed E-state index contributed by atoms with van der Waals surface area (Å²) in [6.45, 7) is 5.93. The Morgan fingerprint density at radius 1 is 1.00 bits per heavy atom. The molecule has 0 unspecified atom stereocenters. The first-order valence-electron chi connectivity index (χ1n) is 6.96. The second kappa shape index (κ2) is 6.99. The van der Waals surface area contributed by atoms with Gasteiger partial charge in [-0.25, -0.2) is 8.42 Å². The second-order valence-electron chi connectivity index (χ2n) is 5.08. The van der Waals surface area contributed by atoms with E-state index in [1.807, 2.05) is 6.92 Å². The van der Waals surface area contributed by atoms with Crippen molar-refractivity contribution in [3.05, 3.63) is 51.5 Å². The molecule has 0 fully saturated rings. The van der Waals surface area contributed by atoms with Crippen LogP contribution in [0.1, 0.15) is 18.1 Å². The molecule has 0 bridgehead atoms. The van der Waals surface area contributed by atoms with Gasteiger partial charge in [-0.2, -0.15) is 0 Å². The zero-order chi connectivity index (χ0) is 17.2. The van der Waals surface area contributed by atoms with Gasteiger partial charge in [-0.15, -0.1) is 0 Å². The number of nitrogens with one attached hydrogen (secondary N) is 1. The summed E-state index contributed by atoms with van der Waals surface area (Å²) >= 11 is 11.8. The molecule has 4 nitrogen and oxygen atoms in total. The molecule has 0 atom stereocenters. The Bertz CT molecular complexity index is 815. The van der Waals surface area contributed by atoms with E-state index in [0.717, 1.165) is 5.56 Å². The minimum Gasteiger partial charge on any atom is -0.494 e. The van der Waals surface area contributed by atoms with Crippen LogP contribution in [0.2, 0.25) is 10.0 Å². The van der Waals surface area contributed by atoms with Gasteiger partial charge in [0.15, 0.2) is 0 Å². The molecule has 2 rings (SSSR count). The molecule has 2 aromatic rings. The van der Waals surface area contributed by atoms with E-state index in [4.69, 9.17) is 27.9 Å². The van der Waals surface area contributed by atoms with Crippen LogP contribution in [0.15, 0.2) is 35.2 Å². The van der Waals surface area contributed by atoms with Crippen LogP contribution in [0.3, 0.4) is 0 Å². The number of sulfonamides is 1. The first kappa shape index (κ1) is 17.9. The lowest BCUT2D eigenvalue weighted by molar-refractivity contribution is 0.337. The number of anilines is 1. The first-order valence-corrected chi connectivity index (χ1v) is 9.20. The lowest BCUT2D eigenvalue weighted by Gasteiger charge is -2.14. The molecular weight excluding hydrogens is 357 g/mol. The van der Waals surface area contributed by atoms with E-state index in [0.29, 0.717) is 33.7 Å². The van der Waals surface area contributed by atoms with Gasteiger partial charge in [0.25, 0.3) is 10.0 Å². The summed E-state index contributed by atoms with van der Waals surface area (Å²) in [5, 5.41) is 0.713. The van der Waals surface area contributed by atoms with Gasteiger partial charge in [-0.3, -0.25) is 4.72 Å². The summed E-state index contributed by atoms with van der Waals surface area (Å²) in [7, 11) is -3.75. The Morgan fingerprint density at radius 2 is 1.61 bits per heavy atom. The monoisotopic (exact) mass is 373 g/mol. The van der Waals surface area contributed by atoms with Crippen LogP contribution in [0, 0.1) is 13.8 Å². The smallest absolute Gasteiger partial charge is 0.262 e. The Balaban J connectivity index is 2.41. The average Bonchev–Trinajstić information content (AvgIpc) is 2.40. The molecule has 0 heterocycles. The van der Waals surface area contributed by atoms with Crippen molar-refractivity contribution in [3.63, 3.8) is 0 Å². The van der Waals surface area contributed by atoms with Crippen molar-refractivity contribution in [1.82, 2.24) is 0 Å². The number of ether oxygens (including phenoxy) is 1. The van der Waals surface area contributed by atoms with E-state index < -0.39 is 10.0 Å². The molecule has 7 heteroatoms. The Kier molecular flexibility index (Phi) is 5.45. The Labute approximate surface area is 146 Å². The van der Waals surface area contributed by atoms with E-state index >= 15 is 0 Å². The van der Waals surface area contributed by atoms with Gasteiger partial charge in [0.2, 0.25) is 0 Å². The molecule has 0 aliphatic carbocycles. The minimum atomic E-state index is -3.75. The normalized spacial score (nSPS) is 11.3. The van der Waals surface area contributed by atoms with E-state index in [-0.39, 0.29) is 4.90 Å². The Morgan fingerprint density at radius 3 is 2.17 bits per heavy atom. The lowest BCUT2D eigenvalue weighted by Crippen LogP contribution is -2.15. The molecule has 1 N–H and O–H groups in total. The predicted molar refractivity (Wildman–Crippen MR) is 94.4 cm³/mol. The van der Waals surface area contributed by atoms with Crippen LogP contribution in [0.25, 0.3) is 0 Å². The van der Waals surface area contributed by atoms with Crippen molar-refractivity contribution in [3.8, 4) is 5.75 Å². The van der Waals surface area contributed by atoms with Crippen LogP contribution < -0.4 is 9.46 Å². The van der Waals surface area contributed by atoms with Crippen LogP contribution in [0.4, 0.5) is 5.69 Å². The van der Waals surface area contributed by atoms with E-state index in [9.17, 15) is 8.42 Å². The summed E-state index contributed by atoms with van der Waals surface area (Å²) in [6.07, 6.45) is 0. The maximum atomic E-state index is 12.6. The highest BCUT2D eigenvalue weighted by atomic mass is 35.5. The third-order valence-electron chi connectivity index (χ3n) is 3.18. The molecule has 0 amide bonds. The molecule has 23 heavy (non-hydrogen) atoms. The summed E-state index contributed by atoms with van der Waals surface area (Å²) < 4.78 is 33.2. The molecule has 0 saturated carbocycles. The quantitative estimate of drug-likeness (QED) is 0.817. The number of hydrogen-bond acceptors (Lipinski definition) is 3.